The monoisotopic (exact) mass is 331 g/mol. The number of ether oxygens (including phenoxy) is 1. The fourth-order valence-corrected chi connectivity index (χ4v) is 2.58. The van der Waals surface area contributed by atoms with Crippen molar-refractivity contribution in [1.29, 1.82) is 0 Å². The summed E-state index contributed by atoms with van der Waals surface area (Å²) in [6, 6.07) is 12.6. The molecule has 2 aromatic carbocycles. The molecule has 0 unspecified atom stereocenters. The van der Waals surface area contributed by atoms with Gasteiger partial charge in [0.05, 0.1) is 23.9 Å². The first kappa shape index (κ1) is 15.6. The second-order valence-corrected chi connectivity index (χ2v) is 5.74. The minimum absolute atomic E-state index is 0.215. The molecular weight excluding hydrogens is 314 g/mol. The van der Waals surface area contributed by atoms with Crippen molar-refractivity contribution in [2.45, 2.75) is 0 Å². The molecule has 2 aromatic rings. The Kier molecular flexibility index (Phi) is 4.69. The van der Waals surface area contributed by atoms with Crippen LogP contribution in [0.25, 0.3) is 0 Å². The van der Waals surface area contributed by atoms with Gasteiger partial charge in [0.25, 0.3) is 5.91 Å². The van der Waals surface area contributed by atoms with E-state index in [9.17, 15) is 4.79 Å². The van der Waals surface area contributed by atoms with Crippen LogP contribution in [0.4, 0.5) is 17.1 Å². The summed E-state index contributed by atoms with van der Waals surface area (Å²) in [5.74, 6) is -0.215. The topological polar surface area (TPSA) is 67.6 Å². The SMILES string of the molecule is Nc1cc(C(=O)Nc2ccc(N3CCOCC3)cc2)ccc1Cl. The van der Waals surface area contributed by atoms with Crippen molar-refractivity contribution in [3.05, 3.63) is 53.1 Å². The van der Waals surface area contributed by atoms with Crippen LogP contribution in [0.15, 0.2) is 42.5 Å². The number of benzene rings is 2. The number of anilines is 3. The third-order valence-electron chi connectivity index (χ3n) is 3.76. The summed E-state index contributed by atoms with van der Waals surface area (Å²) in [7, 11) is 0. The lowest BCUT2D eigenvalue weighted by atomic mass is 10.2. The van der Waals surface area contributed by atoms with Crippen LogP contribution < -0.4 is 16.0 Å². The van der Waals surface area contributed by atoms with Crippen LogP contribution in [0.1, 0.15) is 10.4 Å². The van der Waals surface area contributed by atoms with Crippen molar-refractivity contribution in [2.75, 3.05) is 42.3 Å². The van der Waals surface area contributed by atoms with Crippen molar-refractivity contribution >= 4 is 34.6 Å². The van der Waals surface area contributed by atoms with E-state index in [4.69, 9.17) is 22.1 Å². The number of halogens is 1. The molecule has 5 nitrogen and oxygen atoms in total. The highest BCUT2D eigenvalue weighted by molar-refractivity contribution is 6.33. The normalized spacial score (nSPS) is 14.6. The zero-order valence-electron chi connectivity index (χ0n) is 12.6. The molecule has 23 heavy (non-hydrogen) atoms. The van der Waals surface area contributed by atoms with Gasteiger partial charge in [0.1, 0.15) is 0 Å². The lowest BCUT2D eigenvalue weighted by Crippen LogP contribution is -2.36. The molecule has 0 radical (unpaired) electrons. The highest BCUT2D eigenvalue weighted by Crippen LogP contribution is 2.22. The Bertz CT molecular complexity index is 697. The van der Waals surface area contributed by atoms with Gasteiger partial charge in [0.15, 0.2) is 0 Å². The number of rotatable bonds is 3. The molecule has 0 atom stereocenters. The van der Waals surface area contributed by atoms with Gasteiger partial charge in [-0.2, -0.15) is 0 Å². The zero-order chi connectivity index (χ0) is 16.2. The smallest absolute Gasteiger partial charge is 0.255 e. The number of carbonyl (C=O) groups is 1. The van der Waals surface area contributed by atoms with Gasteiger partial charge in [0.2, 0.25) is 0 Å². The molecule has 1 fully saturated rings. The minimum Gasteiger partial charge on any atom is -0.398 e. The average molecular weight is 332 g/mol. The Labute approximate surface area is 140 Å². The fourth-order valence-electron chi connectivity index (χ4n) is 2.47. The summed E-state index contributed by atoms with van der Waals surface area (Å²) in [4.78, 5) is 14.5. The second-order valence-electron chi connectivity index (χ2n) is 5.34. The number of nitrogen functional groups attached to an aromatic ring is 1. The lowest BCUT2D eigenvalue weighted by Gasteiger charge is -2.28. The van der Waals surface area contributed by atoms with E-state index in [0.717, 1.165) is 37.7 Å². The quantitative estimate of drug-likeness (QED) is 0.848. The van der Waals surface area contributed by atoms with Gasteiger partial charge in [-0.1, -0.05) is 11.6 Å². The molecule has 1 heterocycles. The molecule has 3 rings (SSSR count). The standard InChI is InChI=1S/C17H18ClN3O2/c18-15-6-1-12(11-16(15)19)17(22)20-13-2-4-14(5-3-13)21-7-9-23-10-8-21/h1-6,11H,7-10,19H2,(H,20,22). The highest BCUT2D eigenvalue weighted by Gasteiger charge is 2.12. The fraction of sp³-hybridized carbons (Fsp3) is 0.235. The summed E-state index contributed by atoms with van der Waals surface area (Å²) in [6.45, 7) is 3.26. The summed E-state index contributed by atoms with van der Waals surface area (Å²) in [5, 5.41) is 3.30. The number of nitrogens with zero attached hydrogens (tertiary/aromatic N) is 1. The van der Waals surface area contributed by atoms with Gasteiger partial charge in [-0.3, -0.25) is 4.79 Å². The third kappa shape index (κ3) is 3.75. The van der Waals surface area contributed by atoms with E-state index in [2.05, 4.69) is 10.2 Å². The maximum Gasteiger partial charge on any atom is 0.255 e. The molecule has 0 bridgehead atoms. The van der Waals surface area contributed by atoms with Crippen LogP contribution in [0.3, 0.4) is 0 Å². The number of hydrogen-bond donors (Lipinski definition) is 2. The third-order valence-corrected chi connectivity index (χ3v) is 4.10. The van der Waals surface area contributed by atoms with E-state index in [-0.39, 0.29) is 5.91 Å². The van der Waals surface area contributed by atoms with Crippen molar-refractivity contribution in [3.63, 3.8) is 0 Å². The Hall–Kier alpha value is -2.24. The van der Waals surface area contributed by atoms with Crippen molar-refractivity contribution in [2.24, 2.45) is 0 Å². The molecule has 3 N–H and O–H groups in total. The Morgan fingerprint density at radius 2 is 1.83 bits per heavy atom. The van der Waals surface area contributed by atoms with E-state index in [1.807, 2.05) is 24.3 Å². The van der Waals surface area contributed by atoms with Gasteiger partial charge in [-0.15, -0.1) is 0 Å². The number of morpholine rings is 1. The van der Waals surface area contributed by atoms with Crippen LogP contribution in [0, 0.1) is 0 Å². The maximum absolute atomic E-state index is 12.2. The number of amides is 1. The van der Waals surface area contributed by atoms with Crippen molar-refractivity contribution in [1.82, 2.24) is 0 Å². The molecule has 1 aliphatic rings. The number of nitrogens with one attached hydrogen (secondary N) is 1. The summed E-state index contributed by atoms with van der Waals surface area (Å²) >= 11 is 5.87. The largest absolute Gasteiger partial charge is 0.398 e. The Balaban J connectivity index is 1.67. The molecule has 0 aromatic heterocycles. The molecule has 6 heteroatoms. The first-order valence-corrected chi connectivity index (χ1v) is 7.80. The molecule has 1 saturated heterocycles. The Morgan fingerprint density at radius 1 is 1.13 bits per heavy atom. The van der Waals surface area contributed by atoms with Gasteiger partial charge in [-0.05, 0) is 42.5 Å². The van der Waals surface area contributed by atoms with E-state index in [1.165, 1.54) is 0 Å². The van der Waals surface area contributed by atoms with E-state index in [0.29, 0.717) is 16.3 Å². The van der Waals surface area contributed by atoms with Gasteiger partial charge in [-0.25, -0.2) is 0 Å². The van der Waals surface area contributed by atoms with Crippen LogP contribution in [0.2, 0.25) is 5.02 Å². The van der Waals surface area contributed by atoms with Gasteiger partial charge in [0, 0.05) is 30.0 Å². The molecule has 0 saturated carbocycles. The van der Waals surface area contributed by atoms with Gasteiger partial charge >= 0.3 is 0 Å². The molecule has 0 spiro atoms. The predicted octanol–water partition coefficient (Wildman–Crippen LogP) is 3.01. The molecule has 0 aliphatic carbocycles. The van der Waals surface area contributed by atoms with Crippen LogP contribution in [-0.2, 0) is 4.74 Å². The van der Waals surface area contributed by atoms with E-state index >= 15 is 0 Å². The molecular formula is C17H18ClN3O2. The molecule has 1 aliphatic heterocycles. The first-order chi connectivity index (χ1) is 11.1. The molecule has 120 valence electrons. The maximum atomic E-state index is 12.2. The number of nitrogens with two attached hydrogens (primary N) is 1. The summed E-state index contributed by atoms with van der Waals surface area (Å²) in [5.41, 5.74) is 8.46. The molecule has 1 amide bonds. The highest BCUT2D eigenvalue weighted by atomic mass is 35.5. The zero-order valence-corrected chi connectivity index (χ0v) is 13.3. The van der Waals surface area contributed by atoms with E-state index < -0.39 is 0 Å². The number of carbonyl (C=O) groups excluding carboxylic acids is 1. The average Bonchev–Trinajstić information content (AvgIpc) is 2.59. The summed E-state index contributed by atoms with van der Waals surface area (Å²) < 4.78 is 5.35. The first-order valence-electron chi connectivity index (χ1n) is 7.42. The second kappa shape index (κ2) is 6.89. The van der Waals surface area contributed by atoms with Crippen LogP contribution in [0.5, 0.6) is 0 Å². The Morgan fingerprint density at radius 3 is 2.48 bits per heavy atom. The number of hydrogen-bond acceptors (Lipinski definition) is 4. The van der Waals surface area contributed by atoms with Crippen LogP contribution in [-0.4, -0.2) is 32.2 Å². The minimum atomic E-state index is -0.215. The van der Waals surface area contributed by atoms with E-state index in [1.54, 1.807) is 18.2 Å². The summed E-state index contributed by atoms with van der Waals surface area (Å²) in [6.07, 6.45) is 0. The lowest BCUT2D eigenvalue weighted by molar-refractivity contribution is 0.102. The van der Waals surface area contributed by atoms with Crippen molar-refractivity contribution in [3.8, 4) is 0 Å². The van der Waals surface area contributed by atoms with Crippen molar-refractivity contribution < 1.29 is 9.53 Å². The van der Waals surface area contributed by atoms with Gasteiger partial charge < -0.3 is 20.7 Å². The predicted molar refractivity (Wildman–Crippen MR) is 93.3 cm³/mol. The van der Waals surface area contributed by atoms with Crippen LogP contribution >= 0.6 is 11.6 Å².